The number of aromatic carboxylic acids is 1. The van der Waals surface area contributed by atoms with Crippen molar-refractivity contribution in [3.05, 3.63) is 42.0 Å². The second-order valence-corrected chi connectivity index (χ2v) is 5.83. The van der Waals surface area contributed by atoms with Gasteiger partial charge in [0.2, 0.25) is 11.8 Å². The molecule has 1 heterocycles. The van der Waals surface area contributed by atoms with Crippen LogP contribution in [0.2, 0.25) is 0 Å². The molecule has 2 amide bonds. The molecule has 0 spiro atoms. The van der Waals surface area contributed by atoms with Gasteiger partial charge in [0.15, 0.2) is 0 Å². The first-order chi connectivity index (χ1) is 10.1. The first kappa shape index (κ1) is 12.3. The molecular formula is C16H13NO4. The van der Waals surface area contributed by atoms with Gasteiger partial charge in [-0.2, -0.15) is 0 Å². The number of imide groups is 1. The molecule has 1 saturated carbocycles. The van der Waals surface area contributed by atoms with Crippen molar-refractivity contribution in [2.75, 3.05) is 4.90 Å². The van der Waals surface area contributed by atoms with Crippen LogP contribution < -0.4 is 4.90 Å². The van der Waals surface area contributed by atoms with Gasteiger partial charge in [-0.3, -0.25) is 9.59 Å². The van der Waals surface area contributed by atoms with Crippen LogP contribution in [0.1, 0.15) is 16.8 Å². The molecule has 106 valence electrons. The number of carbonyl (C=O) groups excluding carboxylic acids is 2. The van der Waals surface area contributed by atoms with Crippen molar-refractivity contribution < 1.29 is 19.5 Å². The van der Waals surface area contributed by atoms with E-state index in [4.69, 9.17) is 0 Å². The van der Waals surface area contributed by atoms with Crippen LogP contribution in [0.5, 0.6) is 0 Å². The van der Waals surface area contributed by atoms with Crippen LogP contribution in [0, 0.1) is 23.7 Å². The van der Waals surface area contributed by atoms with Crippen LogP contribution >= 0.6 is 0 Å². The molecule has 1 aliphatic heterocycles. The van der Waals surface area contributed by atoms with E-state index in [1.54, 1.807) is 12.1 Å². The largest absolute Gasteiger partial charge is 0.478 e. The monoisotopic (exact) mass is 283 g/mol. The number of carboxylic acid groups (broad SMARTS) is 1. The van der Waals surface area contributed by atoms with E-state index in [1.807, 2.05) is 12.2 Å². The summed E-state index contributed by atoms with van der Waals surface area (Å²) in [7, 11) is 0. The number of hydrogen-bond acceptors (Lipinski definition) is 3. The molecule has 1 N–H and O–H groups in total. The second-order valence-electron chi connectivity index (χ2n) is 5.83. The first-order valence-corrected chi connectivity index (χ1v) is 6.98. The van der Waals surface area contributed by atoms with Gasteiger partial charge in [0.1, 0.15) is 0 Å². The van der Waals surface area contributed by atoms with Gasteiger partial charge in [-0.25, -0.2) is 9.69 Å². The smallest absolute Gasteiger partial charge is 0.337 e. The van der Waals surface area contributed by atoms with Crippen molar-refractivity contribution in [3.8, 4) is 0 Å². The van der Waals surface area contributed by atoms with Gasteiger partial charge < -0.3 is 5.11 Å². The Morgan fingerprint density at radius 3 is 2.19 bits per heavy atom. The Bertz CT molecular complexity index is 678. The molecule has 1 saturated heterocycles. The molecule has 1 aromatic carbocycles. The maximum Gasteiger partial charge on any atom is 0.337 e. The maximum absolute atomic E-state index is 12.6. The number of benzene rings is 1. The Morgan fingerprint density at radius 2 is 1.62 bits per heavy atom. The standard InChI is InChI=1S/C16H13NO4/c18-14-12-8-5-6-9(7-8)13(12)15(19)17(14)11-4-2-1-3-10(11)16(20)21/h1-6,8-9,12-13H,7H2,(H,20,21)/t8-,9-,12-,13+/m1/s1. The van der Waals surface area contributed by atoms with Gasteiger partial charge in [0.05, 0.1) is 23.1 Å². The number of amides is 2. The van der Waals surface area contributed by atoms with Crippen LogP contribution in [-0.4, -0.2) is 22.9 Å². The number of allylic oxidation sites excluding steroid dienone is 2. The summed E-state index contributed by atoms with van der Waals surface area (Å²) in [5.74, 6) is -2.02. The van der Waals surface area contributed by atoms with E-state index in [1.165, 1.54) is 12.1 Å². The van der Waals surface area contributed by atoms with E-state index in [0.717, 1.165) is 11.3 Å². The van der Waals surface area contributed by atoms with Gasteiger partial charge >= 0.3 is 5.97 Å². The lowest BCUT2D eigenvalue weighted by molar-refractivity contribution is -0.123. The van der Waals surface area contributed by atoms with Crippen molar-refractivity contribution in [1.82, 2.24) is 0 Å². The van der Waals surface area contributed by atoms with E-state index < -0.39 is 5.97 Å². The van der Waals surface area contributed by atoms with Crippen LogP contribution in [0.4, 0.5) is 5.69 Å². The number of carboxylic acids is 1. The molecule has 5 heteroatoms. The summed E-state index contributed by atoms with van der Waals surface area (Å²) < 4.78 is 0. The molecule has 2 bridgehead atoms. The highest BCUT2D eigenvalue weighted by Gasteiger charge is 2.59. The lowest BCUT2D eigenvalue weighted by atomic mass is 9.85. The number of fused-ring (bicyclic) bond motifs is 5. The average Bonchev–Trinajstić information content (AvgIpc) is 3.13. The van der Waals surface area contributed by atoms with Gasteiger partial charge in [-0.15, -0.1) is 0 Å². The van der Waals surface area contributed by atoms with Crippen molar-refractivity contribution in [3.63, 3.8) is 0 Å². The van der Waals surface area contributed by atoms with Crippen molar-refractivity contribution in [2.24, 2.45) is 23.7 Å². The fraction of sp³-hybridized carbons (Fsp3) is 0.312. The Balaban J connectivity index is 1.80. The lowest BCUT2D eigenvalue weighted by Gasteiger charge is -2.19. The molecule has 21 heavy (non-hydrogen) atoms. The Hall–Kier alpha value is -2.43. The van der Waals surface area contributed by atoms with E-state index in [-0.39, 0.29) is 46.7 Å². The minimum atomic E-state index is -1.13. The zero-order chi connectivity index (χ0) is 14.7. The first-order valence-electron chi connectivity index (χ1n) is 6.98. The third-order valence-electron chi connectivity index (χ3n) is 4.85. The van der Waals surface area contributed by atoms with E-state index >= 15 is 0 Å². The fourth-order valence-corrected chi connectivity index (χ4v) is 3.99. The SMILES string of the molecule is O=C(O)c1ccccc1N1C(=O)[C@@H]2[C@H](C1=O)[C@@H]1C=C[C@@H]2C1. The quantitative estimate of drug-likeness (QED) is 0.662. The molecule has 4 atom stereocenters. The highest BCUT2D eigenvalue weighted by Crippen LogP contribution is 2.53. The van der Waals surface area contributed by atoms with Gasteiger partial charge in [-0.05, 0) is 30.4 Å². The molecule has 2 aliphatic carbocycles. The molecule has 0 aromatic heterocycles. The third-order valence-corrected chi connectivity index (χ3v) is 4.85. The summed E-state index contributed by atoms with van der Waals surface area (Å²) in [5.41, 5.74) is 0.174. The van der Waals surface area contributed by atoms with Crippen LogP contribution in [-0.2, 0) is 9.59 Å². The van der Waals surface area contributed by atoms with Crippen LogP contribution in [0.3, 0.4) is 0 Å². The molecule has 2 fully saturated rings. The summed E-state index contributed by atoms with van der Waals surface area (Å²) in [4.78, 5) is 37.7. The van der Waals surface area contributed by atoms with E-state index in [9.17, 15) is 19.5 Å². The Morgan fingerprint density at radius 1 is 1.05 bits per heavy atom. The lowest BCUT2D eigenvalue weighted by Crippen LogP contribution is -2.34. The van der Waals surface area contributed by atoms with Gasteiger partial charge in [0, 0.05) is 0 Å². The van der Waals surface area contributed by atoms with Crippen molar-refractivity contribution in [1.29, 1.82) is 0 Å². The zero-order valence-electron chi connectivity index (χ0n) is 11.1. The van der Waals surface area contributed by atoms with E-state index in [2.05, 4.69) is 0 Å². The molecule has 0 radical (unpaired) electrons. The molecule has 1 aromatic rings. The fourth-order valence-electron chi connectivity index (χ4n) is 3.99. The summed E-state index contributed by atoms with van der Waals surface area (Å²) in [6.07, 6.45) is 4.90. The Labute approximate surface area is 120 Å². The number of carbonyl (C=O) groups is 3. The van der Waals surface area contributed by atoms with Crippen molar-refractivity contribution >= 4 is 23.5 Å². The van der Waals surface area contributed by atoms with Crippen LogP contribution in [0.25, 0.3) is 0 Å². The normalized spacial score (nSPS) is 32.9. The third kappa shape index (κ3) is 1.48. The topological polar surface area (TPSA) is 74.7 Å². The highest BCUT2D eigenvalue weighted by molar-refractivity contribution is 6.24. The molecule has 3 aliphatic rings. The van der Waals surface area contributed by atoms with E-state index in [0.29, 0.717) is 0 Å². The van der Waals surface area contributed by atoms with Crippen LogP contribution in [0.15, 0.2) is 36.4 Å². The average molecular weight is 283 g/mol. The Kier molecular flexibility index (Phi) is 2.37. The van der Waals surface area contributed by atoms with Gasteiger partial charge in [0.25, 0.3) is 0 Å². The number of hydrogen-bond donors (Lipinski definition) is 1. The van der Waals surface area contributed by atoms with Crippen molar-refractivity contribution in [2.45, 2.75) is 6.42 Å². The summed E-state index contributed by atoms with van der Waals surface area (Å²) >= 11 is 0. The highest BCUT2D eigenvalue weighted by atomic mass is 16.4. The number of para-hydroxylation sites is 1. The predicted octanol–water partition coefficient (Wildman–Crippen LogP) is 1.70. The minimum Gasteiger partial charge on any atom is -0.478 e. The zero-order valence-corrected chi connectivity index (χ0v) is 11.1. The summed E-state index contributed by atoms with van der Waals surface area (Å²) in [5, 5.41) is 9.26. The maximum atomic E-state index is 12.6. The number of rotatable bonds is 2. The molecular weight excluding hydrogens is 270 g/mol. The van der Waals surface area contributed by atoms with Gasteiger partial charge in [-0.1, -0.05) is 24.3 Å². The number of anilines is 1. The predicted molar refractivity (Wildman–Crippen MR) is 73.6 cm³/mol. The second kappa shape index (κ2) is 4.04. The summed E-state index contributed by atoms with van der Waals surface area (Å²) in [6, 6.07) is 6.17. The molecule has 0 unspecified atom stereocenters. The molecule has 5 nitrogen and oxygen atoms in total. The number of nitrogens with zero attached hydrogens (tertiary/aromatic N) is 1. The molecule has 4 rings (SSSR count). The minimum absolute atomic E-state index is 0.0144. The summed E-state index contributed by atoms with van der Waals surface area (Å²) in [6.45, 7) is 0.